The Bertz CT molecular complexity index is 440. The van der Waals surface area contributed by atoms with Gasteiger partial charge in [0.05, 0.1) is 12.7 Å². The highest BCUT2D eigenvalue weighted by atomic mass is 19.4. The van der Waals surface area contributed by atoms with E-state index in [9.17, 15) is 18.0 Å². The van der Waals surface area contributed by atoms with Crippen molar-refractivity contribution in [1.29, 1.82) is 0 Å². The lowest BCUT2D eigenvalue weighted by Crippen LogP contribution is -2.14. The van der Waals surface area contributed by atoms with Gasteiger partial charge >= 0.3 is 12.1 Å². The third-order valence-electron chi connectivity index (χ3n) is 1.94. The Balaban J connectivity index is 3.02. The number of ether oxygens (including phenoxy) is 2. The van der Waals surface area contributed by atoms with Crippen molar-refractivity contribution in [3.05, 3.63) is 17.3 Å². The molecule has 0 amide bonds. The summed E-state index contributed by atoms with van der Waals surface area (Å²) in [6.07, 6.45) is -4.99. The van der Waals surface area contributed by atoms with Gasteiger partial charge in [-0.3, -0.25) is 0 Å². The number of hydrogen-bond acceptors (Lipinski definition) is 5. The van der Waals surface area contributed by atoms with Crippen molar-refractivity contribution < 1.29 is 31.9 Å². The molecule has 0 aliphatic heterocycles. The minimum atomic E-state index is -4.79. The summed E-state index contributed by atoms with van der Waals surface area (Å²) in [5.41, 5.74) is -1.40. The molecule has 5 nitrogen and oxygen atoms in total. The predicted octanol–water partition coefficient (Wildman–Crippen LogP) is 2.80. The highest BCUT2D eigenvalue weighted by Gasteiger charge is 2.41. The number of esters is 1. The van der Waals surface area contributed by atoms with Crippen LogP contribution in [0.3, 0.4) is 0 Å². The van der Waals surface area contributed by atoms with E-state index in [4.69, 9.17) is 9.15 Å². The number of aromatic nitrogens is 1. The van der Waals surface area contributed by atoms with Gasteiger partial charge in [-0.2, -0.15) is 13.2 Å². The Kier molecular flexibility index (Phi) is 4.93. The molecule has 0 radical (unpaired) electrons. The average molecular weight is 281 g/mol. The summed E-state index contributed by atoms with van der Waals surface area (Å²) in [6.45, 7) is 4.58. The van der Waals surface area contributed by atoms with Gasteiger partial charge in [-0.1, -0.05) is 0 Å². The Labute approximate surface area is 107 Å². The Morgan fingerprint density at radius 2 is 2.05 bits per heavy atom. The van der Waals surface area contributed by atoms with Crippen LogP contribution >= 0.6 is 0 Å². The molecule has 0 saturated carbocycles. The first-order valence-corrected chi connectivity index (χ1v) is 5.61. The SMILES string of the molecule is CCOC(=O)c1oc(COC(C)C)nc1C(F)(F)F. The minimum absolute atomic E-state index is 0.0609. The van der Waals surface area contributed by atoms with Crippen molar-refractivity contribution in [2.75, 3.05) is 6.61 Å². The number of carbonyl (C=O) groups is 1. The smallest absolute Gasteiger partial charge is 0.437 e. The molecule has 0 fully saturated rings. The fraction of sp³-hybridized carbons (Fsp3) is 0.636. The first-order chi connectivity index (χ1) is 8.75. The summed E-state index contributed by atoms with van der Waals surface area (Å²) in [5.74, 6) is -2.46. The van der Waals surface area contributed by atoms with Gasteiger partial charge < -0.3 is 13.9 Å². The Morgan fingerprint density at radius 3 is 2.53 bits per heavy atom. The molecule has 1 aromatic rings. The van der Waals surface area contributed by atoms with E-state index in [1.54, 1.807) is 13.8 Å². The molecule has 0 bridgehead atoms. The van der Waals surface area contributed by atoms with E-state index in [1.165, 1.54) is 6.92 Å². The number of nitrogens with zero attached hydrogens (tertiary/aromatic N) is 1. The highest BCUT2D eigenvalue weighted by Crippen LogP contribution is 2.32. The molecule has 8 heteroatoms. The second kappa shape index (κ2) is 6.05. The van der Waals surface area contributed by atoms with Crippen LogP contribution in [0.2, 0.25) is 0 Å². The molecule has 0 N–H and O–H groups in total. The summed E-state index contributed by atoms with van der Waals surface area (Å²) in [7, 11) is 0. The number of hydrogen-bond donors (Lipinski definition) is 0. The lowest BCUT2D eigenvalue weighted by molar-refractivity contribution is -0.141. The molecule has 19 heavy (non-hydrogen) atoms. The molecule has 0 aromatic carbocycles. The maximum absolute atomic E-state index is 12.7. The first-order valence-electron chi connectivity index (χ1n) is 5.61. The van der Waals surface area contributed by atoms with Crippen LogP contribution in [0.25, 0.3) is 0 Å². The van der Waals surface area contributed by atoms with E-state index >= 15 is 0 Å². The van der Waals surface area contributed by atoms with Gasteiger partial charge in [-0.15, -0.1) is 0 Å². The topological polar surface area (TPSA) is 61.6 Å². The van der Waals surface area contributed by atoms with Crippen molar-refractivity contribution in [3.63, 3.8) is 0 Å². The minimum Gasteiger partial charge on any atom is -0.460 e. The van der Waals surface area contributed by atoms with Crippen molar-refractivity contribution in [3.8, 4) is 0 Å². The van der Waals surface area contributed by atoms with Crippen LogP contribution in [-0.4, -0.2) is 23.7 Å². The second-order valence-electron chi connectivity index (χ2n) is 3.86. The molecule has 0 saturated heterocycles. The van der Waals surface area contributed by atoms with Crippen molar-refractivity contribution >= 4 is 5.97 Å². The number of carbonyl (C=O) groups excluding carboxylic acids is 1. The largest absolute Gasteiger partial charge is 0.460 e. The standard InChI is InChI=1S/C11H14F3NO4/c1-4-17-10(16)8-9(11(12,13)14)15-7(19-8)5-18-6(2)3/h6H,4-5H2,1-3H3. The number of oxazole rings is 1. The van der Waals surface area contributed by atoms with Crippen molar-refractivity contribution in [2.24, 2.45) is 0 Å². The van der Waals surface area contributed by atoms with Crippen molar-refractivity contribution in [2.45, 2.75) is 39.7 Å². The molecule has 0 atom stereocenters. The van der Waals surface area contributed by atoms with Crippen LogP contribution < -0.4 is 0 Å². The molecule has 108 valence electrons. The summed E-state index contributed by atoms with van der Waals surface area (Å²) in [6, 6.07) is 0. The zero-order chi connectivity index (χ0) is 14.6. The lowest BCUT2D eigenvalue weighted by Gasteiger charge is -2.03. The van der Waals surface area contributed by atoms with E-state index in [-0.39, 0.29) is 25.2 Å². The van der Waals surface area contributed by atoms with E-state index in [0.29, 0.717) is 0 Å². The van der Waals surface area contributed by atoms with Crippen LogP contribution in [0.1, 0.15) is 42.9 Å². The molecule has 0 aliphatic rings. The first kappa shape index (κ1) is 15.5. The van der Waals surface area contributed by atoms with Gasteiger partial charge in [-0.25, -0.2) is 9.78 Å². The predicted molar refractivity (Wildman–Crippen MR) is 57.4 cm³/mol. The maximum atomic E-state index is 12.7. The molecule has 0 unspecified atom stereocenters. The molecule has 0 spiro atoms. The van der Waals surface area contributed by atoms with Crippen molar-refractivity contribution in [1.82, 2.24) is 4.98 Å². The molecule has 1 heterocycles. The fourth-order valence-corrected chi connectivity index (χ4v) is 1.19. The zero-order valence-electron chi connectivity index (χ0n) is 10.7. The zero-order valence-corrected chi connectivity index (χ0v) is 10.7. The van der Waals surface area contributed by atoms with Gasteiger partial charge in [0.25, 0.3) is 0 Å². The van der Waals surface area contributed by atoms with E-state index in [1.807, 2.05) is 0 Å². The van der Waals surface area contributed by atoms with Crippen LogP contribution in [-0.2, 0) is 22.3 Å². The quantitative estimate of drug-likeness (QED) is 0.777. The number of alkyl halides is 3. The number of halogens is 3. The maximum Gasteiger partial charge on any atom is 0.437 e. The molecular formula is C11H14F3NO4. The Morgan fingerprint density at radius 1 is 1.42 bits per heavy atom. The molecular weight excluding hydrogens is 267 g/mol. The molecule has 1 aromatic heterocycles. The summed E-state index contributed by atoms with van der Waals surface area (Å²) < 4.78 is 52.4. The average Bonchev–Trinajstić information content (AvgIpc) is 2.70. The van der Waals surface area contributed by atoms with Gasteiger partial charge in [0, 0.05) is 0 Å². The van der Waals surface area contributed by atoms with Crippen LogP contribution in [0.5, 0.6) is 0 Å². The third-order valence-corrected chi connectivity index (χ3v) is 1.94. The second-order valence-corrected chi connectivity index (χ2v) is 3.86. The molecule has 0 aliphatic carbocycles. The highest BCUT2D eigenvalue weighted by molar-refractivity contribution is 5.87. The lowest BCUT2D eigenvalue weighted by atomic mass is 10.3. The molecule has 1 rings (SSSR count). The van der Waals surface area contributed by atoms with Crippen LogP contribution in [0, 0.1) is 0 Å². The van der Waals surface area contributed by atoms with Gasteiger partial charge in [0.2, 0.25) is 11.7 Å². The van der Waals surface area contributed by atoms with E-state index in [2.05, 4.69) is 9.72 Å². The van der Waals surface area contributed by atoms with Gasteiger partial charge in [0.15, 0.2) is 5.69 Å². The number of rotatable bonds is 5. The fourth-order valence-electron chi connectivity index (χ4n) is 1.19. The van der Waals surface area contributed by atoms with E-state index < -0.39 is 23.6 Å². The van der Waals surface area contributed by atoms with Crippen LogP contribution in [0.4, 0.5) is 13.2 Å². The normalized spacial score (nSPS) is 11.9. The summed E-state index contributed by atoms with van der Waals surface area (Å²) in [5, 5.41) is 0. The third kappa shape index (κ3) is 4.23. The summed E-state index contributed by atoms with van der Waals surface area (Å²) >= 11 is 0. The Hall–Kier alpha value is -1.57. The van der Waals surface area contributed by atoms with Crippen LogP contribution in [0.15, 0.2) is 4.42 Å². The summed E-state index contributed by atoms with van der Waals surface area (Å²) in [4.78, 5) is 14.6. The van der Waals surface area contributed by atoms with Gasteiger partial charge in [-0.05, 0) is 20.8 Å². The van der Waals surface area contributed by atoms with Gasteiger partial charge in [0.1, 0.15) is 6.61 Å². The van der Waals surface area contributed by atoms with E-state index in [0.717, 1.165) is 0 Å². The monoisotopic (exact) mass is 281 g/mol.